The fourth-order valence-electron chi connectivity index (χ4n) is 3.54. The van der Waals surface area contributed by atoms with Gasteiger partial charge in [0.2, 0.25) is 0 Å². The van der Waals surface area contributed by atoms with Crippen LogP contribution in [0.15, 0.2) is 60.7 Å². The Hall–Kier alpha value is -3.48. The molecule has 1 fully saturated rings. The Bertz CT molecular complexity index is 985. The van der Waals surface area contributed by atoms with Crippen molar-refractivity contribution in [1.82, 2.24) is 19.9 Å². The number of aliphatic carboxylic acids is 1. The van der Waals surface area contributed by atoms with E-state index in [1.165, 1.54) is 0 Å². The minimum atomic E-state index is -0.867. The van der Waals surface area contributed by atoms with E-state index in [2.05, 4.69) is 10.3 Å². The highest BCUT2D eigenvalue weighted by molar-refractivity contribution is 5.98. The molecule has 7 nitrogen and oxygen atoms in total. The standard InChI is InChI=1S/C21H20N4O3/c26-20(24-13-7-10-16(14-24)21(27)28)18-19(15-8-3-1-4-9-15)25(23-22-18)17-11-5-2-6-12-17/h1-6,8-9,11-12,16H,7,10,13-14H2,(H,27,28). The second-order valence-electron chi connectivity index (χ2n) is 6.83. The van der Waals surface area contributed by atoms with Gasteiger partial charge in [0.1, 0.15) is 5.69 Å². The molecule has 2 aromatic carbocycles. The van der Waals surface area contributed by atoms with Crippen molar-refractivity contribution in [3.05, 3.63) is 66.4 Å². The Morgan fingerprint density at radius 1 is 1.00 bits per heavy atom. The zero-order valence-corrected chi connectivity index (χ0v) is 15.2. The van der Waals surface area contributed by atoms with Crippen LogP contribution in [0.4, 0.5) is 0 Å². The van der Waals surface area contributed by atoms with Crippen molar-refractivity contribution in [2.45, 2.75) is 12.8 Å². The van der Waals surface area contributed by atoms with Gasteiger partial charge in [-0.3, -0.25) is 9.59 Å². The molecule has 0 saturated carbocycles. The first-order valence-electron chi connectivity index (χ1n) is 9.24. The molecular weight excluding hydrogens is 356 g/mol. The van der Waals surface area contributed by atoms with E-state index in [1.54, 1.807) is 9.58 Å². The molecule has 0 radical (unpaired) electrons. The average Bonchev–Trinajstić information content (AvgIpc) is 3.19. The third kappa shape index (κ3) is 3.38. The van der Waals surface area contributed by atoms with Crippen LogP contribution in [0.25, 0.3) is 16.9 Å². The van der Waals surface area contributed by atoms with Gasteiger partial charge in [0.05, 0.1) is 11.6 Å². The smallest absolute Gasteiger partial charge is 0.308 e. The number of carbonyl (C=O) groups is 2. The number of carboxylic acids is 1. The first-order chi connectivity index (χ1) is 13.6. The van der Waals surface area contributed by atoms with Gasteiger partial charge in [-0.15, -0.1) is 5.10 Å². The summed E-state index contributed by atoms with van der Waals surface area (Å²) in [4.78, 5) is 26.2. The van der Waals surface area contributed by atoms with Crippen molar-refractivity contribution < 1.29 is 14.7 Å². The van der Waals surface area contributed by atoms with E-state index in [4.69, 9.17) is 0 Å². The molecule has 1 N–H and O–H groups in total. The first kappa shape index (κ1) is 17.9. The van der Waals surface area contributed by atoms with Gasteiger partial charge < -0.3 is 10.0 Å². The van der Waals surface area contributed by atoms with Crippen molar-refractivity contribution in [2.75, 3.05) is 13.1 Å². The van der Waals surface area contributed by atoms with Gasteiger partial charge in [-0.05, 0) is 25.0 Å². The lowest BCUT2D eigenvalue weighted by molar-refractivity contribution is -0.143. The minimum absolute atomic E-state index is 0.195. The number of aromatic nitrogens is 3. The largest absolute Gasteiger partial charge is 0.481 e. The van der Waals surface area contributed by atoms with Gasteiger partial charge >= 0.3 is 5.97 Å². The van der Waals surface area contributed by atoms with Crippen LogP contribution >= 0.6 is 0 Å². The topological polar surface area (TPSA) is 88.3 Å². The van der Waals surface area contributed by atoms with Crippen molar-refractivity contribution in [1.29, 1.82) is 0 Å². The Kier molecular flexibility index (Phi) is 4.89. The van der Waals surface area contributed by atoms with Crippen LogP contribution in [0.3, 0.4) is 0 Å². The van der Waals surface area contributed by atoms with Crippen LogP contribution in [0.1, 0.15) is 23.3 Å². The van der Waals surface area contributed by atoms with E-state index in [-0.39, 0.29) is 18.1 Å². The molecule has 1 amide bonds. The van der Waals surface area contributed by atoms with E-state index >= 15 is 0 Å². The molecule has 3 aromatic rings. The summed E-state index contributed by atoms with van der Waals surface area (Å²) in [6.45, 7) is 0.718. The van der Waals surface area contributed by atoms with E-state index in [1.807, 2.05) is 60.7 Å². The van der Waals surface area contributed by atoms with Gasteiger partial charge in [0, 0.05) is 18.7 Å². The lowest BCUT2D eigenvalue weighted by atomic mass is 9.97. The summed E-state index contributed by atoms with van der Waals surface area (Å²) in [5, 5.41) is 17.7. The SMILES string of the molecule is O=C(O)C1CCCN(C(=O)c2nnn(-c3ccccc3)c2-c2ccccc2)C1. The van der Waals surface area contributed by atoms with Crippen molar-refractivity contribution in [2.24, 2.45) is 5.92 Å². The number of benzene rings is 2. The molecule has 0 aliphatic carbocycles. The number of nitrogens with zero attached hydrogens (tertiary/aromatic N) is 4. The fourth-order valence-corrected chi connectivity index (χ4v) is 3.54. The number of hydrogen-bond donors (Lipinski definition) is 1. The minimum Gasteiger partial charge on any atom is -0.481 e. The number of amides is 1. The highest BCUT2D eigenvalue weighted by Crippen LogP contribution is 2.27. The highest BCUT2D eigenvalue weighted by Gasteiger charge is 2.32. The van der Waals surface area contributed by atoms with Crippen LogP contribution in [0.2, 0.25) is 0 Å². The summed E-state index contributed by atoms with van der Waals surface area (Å²) in [7, 11) is 0. The molecule has 0 bridgehead atoms. The number of para-hydroxylation sites is 1. The molecule has 7 heteroatoms. The summed E-state index contributed by atoms with van der Waals surface area (Å²) in [5.41, 5.74) is 2.47. The molecular formula is C21H20N4O3. The number of carboxylic acid groups (broad SMARTS) is 1. The Morgan fingerprint density at radius 2 is 1.68 bits per heavy atom. The summed E-state index contributed by atoms with van der Waals surface area (Å²) in [6.07, 6.45) is 1.25. The molecule has 1 aliphatic rings. The monoisotopic (exact) mass is 376 g/mol. The second kappa shape index (κ2) is 7.64. The maximum atomic E-state index is 13.2. The molecule has 1 aliphatic heterocycles. The van der Waals surface area contributed by atoms with Gasteiger partial charge in [0.15, 0.2) is 5.69 Å². The number of piperidine rings is 1. The van der Waals surface area contributed by atoms with Crippen LogP contribution in [0, 0.1) is 5.92 Å². The number of likely N-dealkylation sites (tertiary alicyclic amines) is 1. The normalized spacial score (nSPS) is 16.7. The molecule has 0 spiro atoms. The van der Waals surface area contributed by atoms with Gasteiger partial charge in [-0.25, -0.2) is 4.68 Å². The van der Waals surface area contributed by atoms with Crippen molar-refractivity contribution >= 4 is 11.9 Å². The number of hydrogen-bond acceptors (Lipinski definition) is 4. The van der Waals surface area contributed by atoms with Crippen molar-refractivity contribution in [3.63, 3.8) is 0 Å². The molecule has 4 rings (SSSR count). The van der Waals surface area contributed by atoms with Crippen LogP contribution in [-0.2, 0) is 4.79 Å². The van der Waals surface area contributed by atoms with E-state index < -0.39 is 11.9 Å². The van der Waals surface area contributed by atoms with Crippen LogP contribution in [0.5, 0.6) is 0 Å². The van der Waals surface area contributed by atoms with Crippen molar-refractivity contribution in [3.8, 4) is 16.9 Å². The van der Waals surface area contributed by atoms with Crippen LogP contribution < -0.4 is 0 Å². The quantitative estimate of drug-likeness (QED) is 0.756. The number of rotatable bonds is 4. The lowest BCUT2D eigenvalue weighted by Gasteiger charge is -2.30. The molecule has 28 heavy (non-hydrogen) atoms. The fraction of sp³-hybridized carbons (Fsp3) is 0.238. The average molecular weight is 376 g/mol. The lowest BCUT2D eigenvalue weighted by Crippen LogP contribution is -2.42. The Balaban J connectivity index is 1.76. The third-order valence-corrected chi connectivity index (χ3v) is 4.98. The van der Waals surface area contributed by atoms with Gasteiger partial charge in [0.25, 0.3) is 5.91 Å². The third-order valence-electron chi connectivity index (χ3n) is 4.98. The zero-order valence-electron chi connectivity index (χ0n) is 15.2. The summed E-state index contributed by atoms with van der Waals surface area (Å²) >= 11 is 0. The maximum Gasteiger partial charge on any atom is 0.308 e. The highest BCUT2D eigenvalue weighted by atomic mass is 16.4. The van der Waals surface area contributed by atoms with E-state index in [0.29, 0.717) is 25.1 Å². The maximum absolute atomic E-state index is 13.2. The van der Waals surface area contributed by atoms with E-state index in [9.17, 15) is 14.7 Å². The molecule has 1 atom stereocenters. The van der Waals surface area contributed by atoms with Crippen LogP contribution in [-0.4, -0.2) is 50.0 Å². The van der Waals surface area contributed by atoms with E-state index in [0.717, 1.165) is 11.3 Å². The summed E-state index contributed by atoms with van der Waals surface area (Å²) in [5.74, 6) is -1.69. The van der Waals surface area contributed by atoms with Gasteiger partial charge in [-0.2, -0.15) is 0 Å². The predicted molar refractivity (Wildman–Crippen MR) is 103 cm³/mol. The van der Waals surface area contributed by atoms with Gasteiger partial charge in [-0.1, -0.05) is 53.7 Å². The summed E-state index contributed by atoms with van der Waals surface area (Å²) in [6, 6.07) is 19.0. The molecule has 1 saturated heterocycles. The molecule has 1 aromatic heterocycles. The molecule has 1 unspecified atom stereocenters. The molecule has 142 valence electrons. The second-order valence-corrected chi connectivity index (χ2v) is 6.83. The zero-order chi connectivity index (χ0) is 19.5. The predicted octanol–water partition coefficient (Wildman–Crippen LogP) is 2.87. The Labute approximate surface area is 162 Å². The number of carbonyl (C=O) groups excluding carboxylic acids is 1. The Morgan fingerprint density at radius 3 is 2.36 bits per heavy atom. The first-order valence-corrected chi connectivity index (χ1v) is 9.24. The summed E-state index contributed by atoms with van der Waals surface area (Å²) < 4.78 is 1.65. The molecule has 2 heterocycles.